The molecule has 0 aliphatic rings. The fraction of sp³-hybridized carbons (Fsp3) is 0. The number of benzene rings is 7. The van der Waals surface area contributed by atoms with E-state index in [0.29, 0.717) is 5.95 Å². The van der Waals surface area contributed by atoms with Gasteiger partial charge in [-0.3, -0.25) is 4.57 Å². The van der Waals surface area contributed by atoms with Gasteiger partial charge >= 0.3 is 0 Å². The van der Waals surface area contributed by atoms with Crippen molar-refractivity contribution < 1.29 is 0 Å². The highest BCUT2D eigenvalue weighted by Crippen LogP contribution is 2.45. The van der Waals surface area contributed by atoms with Gasteiger partial charge in [0, 0.05) is 53.7 Å². The van der Waals surface area contributed by atoms with Crippen LogP contribution in [-0.4, -0.2) is 19.1 Å². The van der Waals surface area contributed by atoms with E-state index in [1.165, 1.54) is 47.2 Å². The molecular formula is C44H26N4S. The van der Waals surface area contributed by atoms with E-state index in [-0.39, 0.29) is 0 Å². The number of aromatic nitrogens is 4. The summed E-state index contributed by atoms with van der Waals surface area (Å²) < 4.78 is 7.23. The lowest BCUT2D eigenvalue weighted by atomic mass is 10.1. The van der Waals surface area contributed by atoms with Crippen LogP contribution in [0.1, 0.15) is 0 Å². The zero-order valence-electron chi connectivity index (χ0n) is 26.2. The molecule has 0 amide bonds. The molecule has 5 heteroatoms. The van der Waals surface area contributed by atoms with Crippen molar-refractivity contribution in [2.75, 3.05) is 0 Å². The number of hydrogen-bond acceptors (Lipinski definition) is 3. The number of fused-ring (bicyclic) bond motifs is 11. The molecular weight excluding hydrogens is 617 g/mol. The highest BCUT2D eigenvalue weighted by Gasteiger charge is 2.23. The van der Waals surface area contributed by atoms with E-state index in [1.807, 2.05) is 11.3 Å². The topological polar surface area (TPSA) is 35.6 Å². The van der Waals surface area contributed by atoms with Crippen LogP contribution in [0, 0.1) is 0 Å². The summed E-state index contributed by atoms with van der Waals surface area (Å²) in [6.45, 7) is 0. The highest BCUT2D eigenvalue weighted by molar-refractivity contribution is 7.26. The van der Waals surface area contributed by atoms with Crippen molar-refractivity contribution in [2.24, 2.45) is 0 Å². The van der Waals surface area contributed by atoms with E-state index < -0.39 is 0 Å². The van der Waals surface area contributed by atoms with Crippen molar-refractivity contribution in [1.29, 1.82) is 0 Å². The summed E-state index contributed by atoms with van der Waals surface area (Å²) in [5.74, 6) is 0.671. The maximum atomic E-state index is 5.43. The van der Waals surface area contributed by atoms with Gasteiger partial charge < -0.3 is 4.57 Å². The maximum Gasteiger partial charge on any atom is 0.235 e. The molecule has 7 aromatic carbocycles. The second kappa shape index (κ2) is 10.1. The van der Waals surface area contributed by atoms with Crippen LogP contribution in [0.5, 0.6) is 0 Å². The van der Waals surface area contributed by atoms with Crippen molar-refractivity contribution in [3.05, 3.63) is 158 Å². The van der Waals surface area contributed by atoms with Gasteiger partial charge in [0.15, 0.2) is 0 Å². The molecule has 11 aromatic rings. The Hall–Kier alpha value is -6.30. The van der Waals surface area contributed by atoms with E-state index in [0.717, 1.165) is 44.4 Å². The molecule has 0 radical (unpaired) electrons. The van der Waals surface area contributed by atoms with Crippen LogP contribution in [0.3, 0.4) is 0 Å². The van der Waals surface area contributed by atoms with E-state index in [4.69, 9.17) is 9.97 Å². The third kappa shape index (κ3) is 3.79. The van der Waals surface area contributed by atoms with Gasteiger partial charge in [-0.25, -0.2) is 9.97 Å². The highest BCUT2D eigenvalue weighted by atomic mass is 32.1. The predicted molar refractivity (Wildman–Crippen MR) is 207 cm³/mol. The monoisotopic (exact) mass is 642 g/mol. The number of nitrogens with zero attached hydrogens (tertiary/aromatic N) is 4. The fourth-order valence-electron chi connectivity index (χ4n) is 7.78. The zero-order valence-corrected chi connectivity index (χ0v) is 27.0. The van der Waals surface area contributed by atoms with Gasteiger partial charge in [0.1, 0.15) is 0 Å². The molecule has 0 fully saturated rings. The third-order valence-corrected chi connectivity index (χ3v) is 11.1. The Kier molecular flexibility index (Phi) is 5.51. The smallest absolute Gasteiger partial charge is 0.235 e. The minimum absolute atomic E-state index is 0.671. The second-order valence-electron chi connectivity index (χ2n) is 12.6. The Morgan fingerprint density at radius 1 is 0.429 bits per heavy atom. The van der Waals surface area contributed by atoms with Crippen molar-refractivity contribution in [3.8, 4) is 22.9 Å². The minimum Gasteiger partial charge on any atom is -0.309 e. The van der Waals surface area contributed by atoms with Gasteiger partial charge in [-0.1, -0.05) is 115 Å². The number of para-hydroxylation sites is 3. The molecule has 0 saturated heterocycles. The normalized spacial score (nSPS) is 12.1. The number of hydrogen-bond donors (Lipinski definition) is 0. The Bertz CT molecular complexity index is 3100. The molecule has 0 aliphatic carbocycles. The lowest BCUT2D eigenvalue weighted by Gasteiger charge is -2.12. The molecule has 0 bridgehead atoms. The molecule has 4 nitrogen and oxygen atoms in total. The van der Waals surface area contributed by atoms with Crippen molar-refractivity contribution in [1.82, 2.24) is 19.1 Å². The summed E-state index contributed by atoms with van der Waals surface area (Å²) >= 11 is 1.85. The Morgan fingerprint density at radius 3 is 1.94 bits per heavy atom. The Balaban J connectivity index is 1.35. The van der Waals surface area contributed by atoms with Gasteiger partial charge in [0.2, 0.25) is 5.95 Å². The third-order valence-electron chi connectivity index (χ3n) is 9.92. The predicted octanol–water partition coefficient (Wildman–Crippen LogP) is 11.9. The van der Waals surface area contributed by atoms with Crippen LogP contribution >= 0.6 is 11.3 Å². The van der Waals surface area contributed by atoms with Crippen molar-refractivity contribution >= 4 is 86.0 Å². The summed E-state index contributed by atoms with van der Waals surface area (Å²) in [6.07, 6.45) is 0. The van der Waals surface area contributed by atoms with Crippen molar-refractivity contribution in [3.63, 3.8) is 0 Å². The largest absolute Gasteiger partial charge is 0.309 e. The van der Waals surface area contributed by atoms with E-state index in [9.17, 15) is 0 Å². The fourth-order valence-corrected chi connectivity index (χ4v) is 9.02. The summed E-state index contributed by atoms with van der Waals surface area (Å²) in [6, 6.07) is 56.3. The quantitative estimate of drug-likeness (QED) is 0.192. The molecule has 0 N–H and O–H groups in total. The summed E-state index contributed by atoms with van der Waals surface area (Å²) in [5, 5.41) is 8.42. The van der Waals surface area contributed by atoms with Crippen LogP contribution < -0.4 is 0 Å². The molecule has 11 rings (SSSR count). The van der Waals surface area contributed by atoms with Gasteiger partial charge in [-0.05, 0) is 42.5 Å². The van der Waals surface area contributed by atoms with Gasteiger partial charge in [-0.15, -0.1) is 11.3 Å². The molecule has 4 aromatic heterocycles. The zero-order chi connectivity index (χ0) is 32.1. The first-order chi connectivity index (χ1) is 24.3. The summed E-state index contributed by atoms with van der Waals surface area (Å²) in [7, 11) is 0. The summed E-state index contributed by atoms with van der Waals surface area (Å²) in [5.41, 5.74) is 8.63. The molecule has 228 valence electrons. The molecule has 0 saturated carbocycles. The van der Waals surface area contributed by atoms with Crippen LogP contribution in [0.4, 0.5) is 0 Å². The Morgan fingerprint density at radius 2 is 1.08 bits per heavy atom. The van der Waals surface area contributed by atoms with Gasteiger partial charge in [0.25, 0.3) is 0 Å². The van der Waals surface area contributed by atoms with Gasteiger partial charge in [-0.2, -0.15) is 0 Å². The minimum atomic E-state index is 0.671. The number of rotatable bonds is 3. The molecule has 0 spiro atoms. The standard InChI is InChI=1S/C44H26N4S/c1-3-13-27(14-4-1)41-33-19-7-10-20-36(33)45-44(46-41)48-39-26-38-34(29-17-8-11-21-37(29)47(38)28-15-5-2-6-16-28)25-35(39)31-23-24-32-30-18-9-12-22-40(30)49-43(32)42(31)48/h1-26H. The molecule has 4 heterocycles. The first-order valence-electron chi connectivity index (χ1n) is 16.5. The lowest BCUT2D eigenvalue weighted by molar-refractivity contribution is 1.02. The van der Waals surface area contributed by atoms with Gasteiger partial charge in [0.05, 0.1) is 38.0 Å². The van der Waals surface area contributed by atoms with E-state index >= 15 is 0 Å². The van der Waals surface area contributed by atoms with Crippen LogP contribution in [0.2, 0.25) is 0 Å². The average molecular weight is 643 g/mol. The maximum absolute atomic E-state index is 5.43. The van der Waals surface area contributed by atoms with Crippen LogP contribution in [-0.2, 0) is 0 Å². The number of thiophene rings is 1. The van der Waals surface area contributed by atoms with E-state index in [2.05, 4.69) is 167 Å². The average Bonchev–Trinajstić information content (AvgIpc) is 3.81. The van der Waals surface area contributed by atoms with E-state index in [1.54, 1.807) is 0 Å². The second-order valence-corrected chi connectivity index (χ2v) is 13.7. The first kappa shape index (κ1) is 26.7. The molecule has 0 atom stereocenters. The van der Waals surface area contributed by atoms with Crippen LogP contribution in [0.15, 0.2) is 158 Å². The van der Waals surface area contributed by atoms with Crippen molar-refractivity contribution in [2.45, 2.75) is 0 Å². The molecule has 49 heavy (non-hydrogen) atoms. The Labute approximate surface area is 284 Å². The summed E-state index contributed by atoms with van der Waals surface area (Å²) in [4.78, 5) is 10.7. The van der Waals surface area contributed by atoms with Crippen LogP contribution in [0.25, 0.3) is 97.6 Å². The molecule has 0 aliphatic heterocycles. The lowest BCUT2D eigenvalue weighted by Crippen LogP contribution is -2.03. The first-order valence-corrected chi connectivity index (χ1v) is 17.3. The molecule has 0 unspecified atom stereocenters. The SMILES string of the molecule is c1ccc(-c2nc(-n3c4cc5c(cc4c4ccc6c7ccccc7sc6c43)c3ccccc3n5-c3ccccc3)nc3ccccc23)cc1.